The molecule has 0 aliphatic heterocycles. The molecule has 0 heterocycles. The van der Waals surface area contributed by atoms with Crippen molar-refractivity contribution in [2.45, 2.75) is 25.2 Å². The van der Waals surface area contributed by atoms with E-state index in [9.17, 15) is 0 Å². The summed E-state index contributed by atoms with van der Waals surface area (Å²) in [6.45, 7) is 6.36. The molecule has 11 rings (SSSR count). The molecule has 1 nitrogen and oxygen atoms in total. The molecule has 0 aromatic heterocycles. The van der Waals surface area contributed by atoms with Crippen LogP contribution in [0.1, 0.15) is 58.7 Å². The van der Waals surface area contributed by atoms with Gasteiger partial charge in [-0.1, -0.05) is 170 Å². The molecule has 0 N–H and O–H groups in total. The fraction of sp³-hybridized carbons (Fsp3) is 0.0714. The van der Waals surface area contributed by atoms with Crippen LogP contribution >= 0.6 is 0 Å². The standard InChI is InChI=1S/C56H41N/c1-3-4-25-42-37(2)56(38-19-8-5-9-20-38,39-21-10-6-11-22-39)51-36-41(34-35-44(42)51)57(40-23-12-7-13-24-40)52-33-18-32-50-48-30-17-29-47-49-31-16-28-46(54(49)55(50)52)43-26-14-15-27-45(43)53(47)48/h3-16,18-28,30-36H,1,17,29H2,2H3/b25-4-. The first kappa shape index (κ1) is 33.4. The minimum atomic E-state index is -0.503. The fourth-order valence-corrected chi connectivity index (χ4v) is 10.5. The minimum Gasteiger partial charge on any atom is -0.310 e. The number of anilines is 3. The van der Waals surface area contributed by atoms with Crippen LogP contribution in [0.2, 0.25) is 0 Å². The molecule has 0 unspecified atom stereocenters. The van der Waals surface area contributed by atoms with Crippen LogP contribution in [0, 0.1) is 0 Å². The van der Waals surface area contributed by atoms with Crippen molar-refractivity contribution in [3.8, 4) is 22.3 Å². The summed E-state index contributed by atoms with van der Waals surface area (Å²) in [7, 11) is 0. The molecule has 0 fully saturated rings. The first-order valence-corrected chi connectivity index (χ1v) is 20.1. The van der Waals surface area contributed by atoms with Crippen LogP contribution in [0.15, 0.2) is 206 Å². The second kappa shape index (κ2) is 13.1. The van der Waals surface area contributed by atoms with Gasteiger partial charge in [0.05, 0.1) is 11.1 Å². The number of hydrogen-bond acceptors (Lipinski definition) is 1. The molecule has 270 valence electrons. The van der Waals surface area contributed by atoms with Gasteiger partial charge in [-0.05, 0) is 134 Å². The molecular formula is C56H41N. The number of nitrogens with zero attached hydrogens (tertiary/aromatic N) is 1. The Morgan fingerprint density at radius 3 is 1.93 bits per heavy atom. The van der Waals surface area contributed by atoms with Gasteiger partial charge in [-0.3, -0.25) is 0 Å². The summed E-state index contributed by atoms with van der Waals surface area (Å²) in [5.74, 6) is 0. The van der Waals surface area contributed by atoms with Gasteiger partial charge in [0.2, 0.25) is 0 Å². The molecule has 0 atom stereocenters. The predicted molar refractivity (Wildman–Crippen MR) is 241 cm³/mol. The zero-order valence-corrected chi connectivity index (χ0v) is 32.0. The van der Waals surface area contributed by atoms with Crippen molar-refractivity contribution >= 4 is 39.4 Å². The van der Waals surface area contributed by atoms with E-state index in [0.717, 1.165) is 24.2 Å². The summed E-state index contributed by atoms with van der Waals surface area (Å²) in [4.78, 5) is 2.51. The van der Waals surface area contributed by atoms with E-state index in [1.807, 2.05) is 6.08 Å². The third kappa shape index (κ3) is 4.76. The molecule has 0 amide bonds. The van der Waals surface area contributed by atoms with Crippen molar-refractivity contribution in [3.05, 3.63) is 245 Å². The van der Waals surface area contributed by atoms with E-state index in [4.69, 9.17) is 0 Å². The van der Waals surface area contributed by atoms with Crippen LogP contribution in [-0.4, -0.2) is 0 Å². The van der Waals surface area contributed by atoms with Crippen molar-refractivity contribution < 1.29 is 0 Å². The Kier molecular flexibility index (Phi) is 7.66. The second-order valence-electron chi connectivity index (χ2n) is 15.5. The number of fused-ring (bicyclic) bond motifs is 5. The summed E-state index contributed by atoms with van der Waals surface area (Å²) < 4.78 is 0. The Morgan fingerprint density at radius 1 is 0.561 bits per heavy atom. The lowest BCUT2D eigenvalue weighted by Gasteiger charge is -2.36. The number of benzene rings is 7. The highest BCUT2D eigenvalue weighted by molar-refractivity contribution is 6.26. The Hall–Kier alpha value is -6.96. The monoisotopic (exact) mass is 727 g/mol. The van der Waals surface area contributed by atoms with Crippen LogP contribution in [0.4, 0.5) is 17.1 Å². The summed E-state index contributed by atoms with van der Waals surface area (Å²) in [6.07, 6.45) is 10.8. The van der Waals surface area contributed by atoms with Gasteiger partial charge >= 0.3 is 0 Å². The van der Waals surface area contributed by atoms with Crippen LogP contribution in [-0.2, 0) is 5.41 Å². The van der Waals surface area contributed by atoms with Crippen molar-refractivity contribution in [3.63, 3.8) is 0 Å². The van der Waals surface area contributed by atoms with Crippen molar-refractivity contribution in [1.29, 1.82) is 0 Å². The molecule has 0 saturated heterocycles. The lowest BCUT2D eigenvalue weighted by molar-refractivity contribution is 0.743. The number of rotatable bonds is 7. The van der Waals surface area contributed by atoms with Crippen LogP contribution in [0.25, 0.3) is 44.5 Å². The third-order valence-corrected chi connectivity index (χ3v) is 12.8. The van der Waals surface area contributed by atoms with Gasteiger partial charge in [-0.25, -0.2) is 0 Å². The molecular weight excluding hydrogens is 687 g/mol. The highest BCUT2D eigenvalue weighted by Gasteiger charge is 2.46. The van der Waals surface area contributed by atoms with E-state index in [1.165, 1.54) is 94.8 Å². The zero-order valence-electron chi connectivity index (χ0n) is 32.0. The largest absolute Gasteiger partial charge is 0.310 e. The summed E-state index contributed by atoms with van der Waals surface area (Å²) in [5, 5.41) is 0. The van der Waals surface area contributed by atoms with Crippen LogP contribution < -0.4 is 4.90 Å². The maximum absolute atomic E-state index is 4.04. The summed E-state index contributed by atoms with van der Waals surface area (Å²) >= 11 is 0. The first-order chi connectivity index (χ1) is 28.2. The number of allylic oxidation sites excluding steroid dienone is 9. The van der Waals surface area contributed by atoms with Crippen molar-refractivity contribution in [2.24, 2.45) is 0 Å². The first-order valence-electron chi connectivity index (χ1n) is 20.1. The van der Waals surface area contributed by atoms with Crippen molar-refractivity contribution in [1.82, 2.24) is 0 Å². The van der Waals surface area contributed by atoms with E-state index in [2.05, 4.69) is 206 Å². The van der Waals surface area contributed by atoms with Crippen LogP contribution in [0.5, 0.6) is 0 Å². The Bertz CT molecular complexity index is 2860. The van der Waals surface area contributed by atoms with E-state index in [1.54, 1.807) is 0 Å². The molecule has 7 aromatic rings. The molecule has 0 radical (unpaired) electrons. The lowest BCUT2D eigenvalue weighted by atomic mass is 9.67. The summed E-state index contributed by atoms with van der Waals surface area (Å²) in [5.41, 5.74) is 24.0. The van der Waals surface area contributed by atoms with Gasteiger partial charge in [0.1, 0.15) is 0 Å². The van der Waals surface area contributed by atoms with E-state index in [-0.39, 0.29) is 0 Å². The predicted octanol–water partition coefficient (Wildman–Crippen LogP) is 14.8. The Balaban J connectivity index is 1.22. The number of hydrogen-bond donors (Lipinski definition) is 0. The van der Waals surface area contributed by atoms with Gasteiger partial charge in [0.25, 0.3) is 0 Å². The van der Waals surface area contributed by atoms with Gasteiger partial charge in [0, 0.05) is 16.9 Å². The quantitative estimate of drug-likeness (QED) is 0.148. The number of para-hydroxylation sites is 1. The Morgan fingerprint density at radius 2 is 1.19 bits per heavy atom. The van der Waals surface area contributed by atoms with Crippen molar-refractivity contribution in [2.75, 3.05) is 4.90 Å². The molecule has 4 aliphatic carbocycles. The maximum atomic E-state index is 4.04. The molecule has 4 aliphatic rings. The van der Waals surface area contributed by atoms with Gasteiger partial charge < -0.3 is 4.90 Å². The second-order valence-corrected chi connectivity index (χ2v) is 15.5. The normalized spacial score (nSPS) is 15.4. The lowest BCUT2D eigenvalue weighted by Crippen LogP contribution is -2.29. The van der Waals surface area contributed by atoms with Gasteiger partial charge in [-0.2, -0.15) is 0 Å². The molecule has 1 heteroatoms. The highest BCUT2D eigenvalue weighted by atomic mass is 15.1. The van der Waals surface area contributed by atoms with E-state index in [0.29, 0.717) is 0 Å². The highest BCUT2D eigenvalue weighted by Crippen LogP contribution is 2.61. The van der Waals surface area contributed by atoms with E-state index < -0.39 is 5.41 Å². The minimum absolute atomic E-state index is 0.503. The van der Waals surface area contributed by atoms with Gasteiger partial charge in [-0.15, -0.1) is 0 Å². The molecule has 7 aromatic carbocycles. The summed E-state index contributed by atoms with van der Waals surface area (Å²) in [6, 6.07) is 63.3. The fourth-order valence-electron chi connectivity index (χ4n) is 10.5. The topological polar surface area (TPSA) is 3.24 Å². The molecule has 57 heavy (non-hydrogen) atoms. The third-order valence-electron chi connectivity index (χ3n) is 12.8. The maximum Gasteiger partial charge on any atom is 0.0674 e. The van der Waals surface area contributed by atoms with Crippen LogP contribution in [0.3, 0.4) is 0 Å². The van der Waals surface area contributed by atoms with E-state index >= 15 is 0 Å². The van der Waals surface area contributed by atoms with Gasteiger partial charge in [0.15, 0.2) is 0 Å². The zero-order chi connectivity index (χ0) is 38.1. The molecule has 0 spiro atoms. The molecule has 0 saturated carbocycles. The average molecular weight is 728 g/mol. The Labute approximate surface area is 335 Å². The average Bonchev–Trinajstić information content (AvgIpc) is 3.45. The smallest absolute Gasteiger partial charge is 0.0674 e. The SMILES string of the molecule is C=C/C=C\C1=C(C)C(c2ccccc2)(c2ccccc2)c2cc(N(c3ccccc3)c3cccc4c3-c3c5cccc3-c3ccccc3C3=C5CCC=C34)ccc21. The molecule has 6 bridgehead atoms.